The Labute approximate surface area is 154 Å². The fraction of sp³-hybridized carbons (Fsp3) is 0.609. The molecule has 1 aromatic carbocycles. The van der Waals surface area contributed by atoms with Crippen LogP contribution in [0.2, 0.25) is 0 Å². The first kappa shape index (κ1) is 21.5. The summed E-state index contributed by atoms with van der Waals surface area (Å²) in [6, 6.07) is 10.7. The van der Waals surface area contributed by atoms with E-state index in [1.165, 1.54) is 64.0 Å². The lowest BCUT2D eigenvalue weighted by molar-refractivity contribution is -0.140. The van der Waals surface area contributed by atoms with E-state index in [4.69, 9.17) is 0 Å². The predicted molar refractivity (Wildman–Crippen MR) is 107 cm³/mol. The van der Waals surface area contributed by atoms with Crippen LogP contribution in [0.3, 0.4) is 0 Å². The maximum atomic E-state index is 11.0. The van der Waals surface area contributed by atoms with Crippen molar-refractivity contribution < 1.29 is 9.53 Å². The first-order valence-electron chi connectivity index (χ1n) is 10.1. The van der Waals surface area contributed by atoms with Crippen LogP contribution in [-0.4, -0.2) is 13.1 Å². The van der Waals surface area contributed by atoms with Crippen LogP contribution in [0.1, 0.15) is 82.6 Å². The van der Waals surface area contributed by atoms with E-state index in [2.05, 4.69) is 47.2 Å². The lowest BCUT2D eigenvalue weighted by atomic mass is 10.1. The van der Waals surface area contributed by atoms with E-state index < -0.39 is 0 Å². The van der Waals surface area contributed by atoms with Gasteiger partial charge >= 0.3 is 5.97 Å². The molecule has 0 saturated heterocycles. The molecular formula is C23H36O2. The minimum absolute atomic E-state index is 0.0749. The highest BCUT2D eigenvalue weighted by atomic mass is 16.5. The van der Waals surface area contributed by atoms with Crippen LogP contribution in [0.5, 0.6) is 0 Å². The van der Waals surface area contributed by atoms with Crippen molar-refractivity contribution in [3.8, 4) is 0 Å². The van der Waals surface area contributed by atoms with Crippen LogP contribution in [0.4, 0.5) is 0 Å². The van der Waals surface area contributed by atoms with Crippen LogP contribution >= 0.6 is 0 Å². The summed E-state index contributed by atoms with van der Waals surface area (Å²) in [6.45, 7) is 0. The molecule has 0 bridgehead atoms. The summed E-state index contributed by atoms with van der Waals surface area (Å²) in [5, 5.41) is 0. The lowest BCUT2D eigenvalue weighted by Gasteiger charge is -2.02. The molecule has 0 heterocycles. The number of allylic oxidation sites excluding steroid dienone is 2. The van der Waals surface area contributed by atoms with Gasteiger partial charge in [-0.2, -0.15) is 0 Å². The molecule has 140 valence electrons. The highest BCUT2D eigenvalue weighted by Crippen LogP contribution is 2.12. The third-order valence-electron chi connectivity index (χ3n) is 4.59. The Morgan fingerprint density at radius 3 is 2.00 bits per heavy atom. The summed E-state index contributed by atoms with van der Waals surface area (Å²) in [6.07, 6.45) is 20.2. The number of carbonyl (C=O) groups is 1. The average molecular weight is 345 g/mol. The van der Waals surface area contributed by atoms with Gasteiger partial charge in [0.2, 0.25) is 0 Å². The van der Waals surface area contributed by atoms with Gasteiger partial charge in [0.1, 0.15) is 0 Å². The number of unbranched alkanes of at least 4 members (excludes halogenated alkanes) is 9. The van der Waals surface area contributed by atoms with Gasteiger partial charge < -0.3 is 4.74 Å². The second kappa shape index (κ2) is 15.9. The van der Waals surface area contributed by atoms with E-state index in [1.54, 1.807) is 0 Å². The summed E-state index contributed by atoms with van der Waals surface area (Å²) in [5.74, 6) is -0.0749. The zero-order chi connectivity index (χ0) is 18.0. The molecule has 1 rings (SSSR count). The standard InChI is InChI=1S/C23H36O2/c1-25-23(24)21-17-12-10-8-6-4-2-3-5-7-9-11-14-18-22-19-15-13-16-20-22/h9,11,13,15-16,19-20H,2-8,10,12,14,17-18,21H2,1H3. The summed E-state index contributed by atoms with van der Waals surface area (Å²) in [5.41, 5.74) is 1.43. The van der Waals surface area contributed by atoms with Crippen molar-refractivity contribution in [1.82, 2.24) is 0 Å². The molecule has 0 aliphatic rings. The van der Waals surface area contributed by atoms with Crippen molar-refractivity contribution in [3.63, 3.8) is 0 Å². The first-order chi connectivity index (χ1) is 12.3. The predicted octanol–water partition coefficient (Wildman–Crippen LogP) is 6.64. The average Bonchev–Trinajstić information content (AvgIpc) is 2.65. The summed E-state index contributed by atoms with van der Waals surface area (Å²) in [7, 11) is 1.46. The van der Waals surface area contributed by atoms with E-state index in [0.717, 1.165) is 25.7 Å². The van der Waals surface area contributed by atoms with Crippen molar-refractivity contribution in [1.29, 1.82) is 0 Å². The number of aryl methyl sites for hydroxylation is 1. The molecule has 1 aromatic rings. The first-order valence-corrected chi connectivity index (χ1v) is 10.1. The lowest BCUT2D eigenvalue weighted by Crippen LogP contribution is -1.99. The van der Waals surface area contributed by atoms with Crippen molar-refractivity contribution in [3.05, 3.63) is 48.0 Å². The van der Waals surface area contributed by atoms with Gasteiger partial charge in [0.15, 0.2) is 0 Å². The Hall–Kier alpha value is -1.57. The Bertz CT molecular complexity index is 450. The Kier molecular flexibility index (Phi) is 13.7. The molecule has 0 spiro atoms. The van der Waals surface area contributed by atoms with E-state index in [9.17, 15) is 4.79 Å². The normalized spacial score (nSPS) is 11.1. The molecule has 0 atom stereocenters. The number of esters is 1. The van der Waals surface area contributed by atoms with E-state index in [1.807, 2.05) is 0 Å². The number of ether oxygens (including phenoxy) is 1. The fourth-order valence-electron chi connectivity index (χ4n) is 3.00. The zero-order valence-corrected chi connectivity index (χ0v) is 16.1. The van der Waals surface area contributed by atoms with Gasteiger partial charge in [-0.25, -0.2) is 0 Å². The smallest absolute Gasteiger partial charge is 0.305 e. The number of hydrogen-bond acceptors (Lipinski definition) is 2. The molecule has 0 unspecified atom stereocenters. The van der Waals surface area contributed by atoms with Gasteiger partial charge in [-0.1, -0.05) is 87.4 Å². The van der Waals surface area contributed by atoms with Gasteiger partial charge in [0.05, 0.1) is 7.11 Å². The minimum Gasteiger partial charge on any atom is -0.469 e. The van der Waals surface area contributed by atoms with E-state index in [0.29, 0.717) is 6.42 Å². The molecule has 0 aliphatic heterocycles. The molecule has 0 aromatic heterocycles. The van der Waals surface area contributed by atoms with E-state index in [-0.39, 0.29) is 5.97 Å². The molecule has 0 aliphatic carbocycles. The third kappa shape index (κ3) is 13.4. The van der Waals surface area contributed by atoms with Crippen LogP contribution in [0.15, 0.2) is 42.5 Å². The molecular weight excluding hydrogens is 308 g/mol. The summed E-state index contributed by atoms with van der Waals surface area (Å²) in [4.78, 5) is 11.0. The van der Waals surface area contributed by atoms with Gasteiger partial charge in [0.25, 0.3) is 0 Å². The monoisotopic (exact) mass is 344 g/mol. The Morgan fingerprint density at radius 2 is 1.36 bits per heavy atom. The van der Waals surface area contributed by atoms with E-state index >= 15 is 0 Å². The number of benzene rings is 1. The largest absolute Gasteiger partial charge is 0.469 e. The molecule has 0 amide bonds. The number of rotatable bonds is 15. The quantitative estimate of drug-likeness (QED) is 0.202. The van der Waals surface area contributed by atoms with Gasteiger partial charge in [0, 0.05) is 6.42 Å². The van der Waals surface area contributed by atoms with Gasteiger partial charge in [-0.05, 0) is 37.7 Å². The zero-order valence-electron chi connectivity index (χ0n) is 16.1. The van der Waals surface area contributed by atoms with Gasteiger partial charge in [-0.15, -0.1) is 0 Å². The number of carbonyl (C=O) groups excluding carboxylic acids is 1. The van der Waals surface area contributed by atoms with Crippen LogP contribution < -0.4 is 0 Å². The molecule has 0 fully saturated rings. The minimum atomic E-state index is -0.0749. The maximum absolute atomic E-state index is 11.0. The highest BCUT2D eigenvalue weighted by molar-refractivity contribution is 5.68. The van der Waals surface area contributed by atoms with Crippen molar-refractivity contribution in [2.75, 3.05) is 7.11 Å². The maximum Gasteiger partial charge on any atom is 0.305 e. The second-order valence-electron chi connectivity index (χ2n) is 6.79. The van der Waals surface area contributed by atoms with Crippen LogP contribution in [0, 0.1) is 0 Å². The fourth-order valence-corrected chi connectivity index (χ4v) is 3.00. The second-order valence-corrected chi connectivity index (χ2v) is 6.79. The Morgan fingerprint density at radius 1 is 0.800 bits per heavy atom. The number of methoxy groups -OCH3 is 1. The van der Waals surface area contributed by atoms with Crippen LogP contribution in [0.25, 0.3) is 0 Å². The molecule has 0 radical (unpaired) electrons. The van der Waals surface area contributed by atoms with Crippen molar-refractivity contribution in [2.45, 2.75) is 83.5 Å². The number of hydrogen-bond donors (Lipinski definition) is 0. The SMILES string of the molecule is COC(=O)CCCCCCCCCCCC=CCCc1ccccc1. The summed E-state index contributed by atoms with van der Waals surface area (Å²) >= 11 is 0. The molecule has 2 heteroatoms. The topological polar surface area (TPSA) is 26.3 Å². The molecule has 0 saturated carbocycles. The van der Waals surface area contributed by atoms with Gasteiger partial charge in [-0.3, -0.25) is 4.79 Å². The molecule has 0 N–H and O–H groups in total. The molecule has 25 heavy (non-hydrogen) atoms. The highest BCUT2D eigenvalue weighted by Gasteiger charge is 1.99. The van der Waals surface area contributed by atoms with Crippen molar-refractivity contribution in [2.24, 2.45) is 0 Å². The molecule has 2 nitrogen and oxygen atoms in total. The summed E-state index contributed by atoms with van der Waals surface area (Å²) < 4.78 is 4.64. The Balaban J connectivity index is 1.78. The third-order valence-corrected chi connectivity index (χ3v) is 4.59. The van der Waals surface area contributed by atoms with Crippen LogP contribution in [-0.2, 0) is 16.0 Å². The van der Waals surface area contributed by atoms with Crippen molar-refractivity contribution >= 4 is 5.97 Å².